The summed E-state index contributed by atoms with van der Waals surface area (Å²) in [5.41, 5.74) is 5.44. The number of fused-ring (bicyclic) bond motifs is 2. The Hall–Kier alpha value is -3.75. The minimum Gasteiger partial charge on any atom is -0.489 e. The third-order valence-electron chi connectivity index (χ3n) is 8.79. The molecule has 0 saturated carbocycles. The van der Waals surface area contributed by atoms with E-state index in [9.17, 15) is 4.79 Å². The van der Waals surface area contributed by atoms with Gasteiger partial charge in [0.2, 0.25) is 0 Å². The molecule has 0 bridgehead atoms. The molecule has 0 unspecified atom stereocenters. The van der Waals surface area contributed by atoms with E-state index >= 15 is 0 Å². The van der Waals surface area contributed by atoms with Crippen molar-refractivity contribution < 1.29 is 37.6 Å². The first kappa shape index (κ1) is 36.1. The predicted molar refractivity (Wildman–Crippen MR) is 193 cm³/mol. The van der Waals surface area contributed by atoms with Gasteiger partial charge < -0.3 is 52.7 Å². The van der Waals surface area contributed by atoms with Gasteiger partial charge in [0.25, 0.3) is 0 Å². The Morgan fingerprint density at radius 1 is 0.680 bits per heavy atom. The summed E-state index contributed by atoms with van der Waals surface area (Å²) in [5, 5.41) is 4.37. The molecular weight excluding hydrogens is 642 g/mol. The van der Waals surface area contributed by atoms with Crippen molar-refractivity contribution in [3.63, 3.8) is 0 Å². The molecule has 0 atom stereocenters. The maximum atomic E-state index is 12.5. The molecule has 2 aromatic carbocycles. The zero-order valence-corrected chi connectivity index (χ0v) is 29.0. The Labute approximate surface area is 293 Å². The Kier molecular flexibility index (Phi) is 13.7. The minimum atomic E-state index is -0.0980. The SMILES string of the molecule is COCCOc1cc(-c2c3ccc(=O)cc-3oc3cc(N4CCNCC4)ccc23)ccc1N1CCOCCOCCOCCOCCOCC1. The Morgan fingerprint density at radius 2 is 1.34 bits per heavy atom. The zero-order valence-electron chi connectivity index (χ0n) is 29.0. The van der Waals surface area contributed by atoms with Gasteiger partial charge in [0.15, 0.2) is 5.43 Å². The highest BCUT2D eigenvalue weighted by molar-refractivity contribution is 6.03. The van der Waals surface area contributed by atoms with Crippen molar-refractivity contribution in [1.82, 2.24) is 5.32 Å². The zero-order chi connectivity index (χ0) is 34.4. The number of ether oxygens (including phenoxy) is 7. The molecule has 1 aliphatic carbocycles. The van der Waals surface area contributed by atoms with Crippen LogP contribution in [0.4, 0.5) is 11.4 Å². The summed E-state index contributed by atoms with van der Waals surface area (Å²) in [7, 11) is 1.66. The van der Waals surface area contributed by atoms with Gasteiger partial charge in [-0.05, 0) is 42.0 Å². The summed E-state index contributed by atoms with van der Waals surface area (Å²) < 4.78 is 46.9. The van der Waals surface area contributed by atoms with Gasteiger partial charge in [-0.2, -0.15) is 0 Å². The second-order valence-electron chi connectivity index (χ2n) is 12.1. The van der Waals surface area contributed by atoms with Crippen LogP contribution in [0.25, 0.3) is 33.4 Å². The van der Waals surface area contributed by atoms with Crippen LogP contribution in [0.1, 0.15) is 0 Å². The molecule has 3 aliphatic heterocycles. The summed E-state index contributed by atoms with van der Waals surface area (Å²) in [6, 6.07) is 17.6. The molecule has 12 heteroatoms. The lowest BCUT2D eigenvalue weighted by Gasteiger charge is -2.29. The average molecular weight is 692 g/mol. The van der Waals surface area contributed by atoms with Crippen LogP contribution in [0.15, 0.2) is 63.8 Å². The van der Waals surface area contributed by atoms with Crippen molar-refractivity contribution in [2.75, 3.05) is 135 Å². The first-order chi connectivity index (χ1) is 24.7. The molecule has 2 saturated heterocycles. The van der Waals surface area contributed by atoms with Crippen LogP contribution in [0.3, 0.4) is 0 Å². The monoisotopic (exact) mass is 691 g/mol. The number of piperazine rings is 1. The molecule has 270 valence electrons. The Morgan fingerprint density at radius 3 is 2.00 bits per heavy atom. The van der Waals surface area contributed by atoms with Crippen molar-refractivity contribution in [2.45, 2.75) is 0 Å². The van der Waals surface area contributed by atoms with Gasteiger partial charge in [-0.1, -0.05) is 6.07 Å². The number of nitrogens with one attached hydrogen (secondary N) is 1. The molecule has 1 N–H and O–H groups in total. The van der Waals surface area contributed by atoms with Crippen LogP contribution in [0, 0.1) is 0 Å². The smallest absolute Gasteiger partial charge is 0.182 e. The van der Waals surface area contributed by atoms with Crippen LogP contribution >= 0.6 is 0 Å². The van der Waals surface area contributed by atoms with Crippen LogP contribution in [0.5, 0.6) is 5.75 Å². The number of nitrogens with zero attached hydrogens (tertiary/aromatic N) is 2. The topological polar surface area (TPSA) is 113 Å². The van der Waals surface area contributed by atoms with Gasteiger partial charge in [-0.25, -0.2) is 0 Å². The first-order valence-corrected chi connectivity index (χ1v) is 17.6. The molecule has 0 spiro atoms. The second-order valence-corrected chi connectivity index (χ2v) is 12.1. The van der Waals surface area contributed by atoms with Crippen molar-refractivity contribution in [3.8, 4) is 28.2 Å². The van der Waals surface area contributed by atoms with E-state index in [1.165, 1.54) is 0 Å². The van der Waals surface area contributed by atoms with Crippen LogP contribution in [-0.2, 0) is 28.4 Å². The number of hydrogen-bond acceptors (Lipinski definition) is 12. The van der Waals surface area contributed by atoms with Crippen molar-refractivity contribution in [3.05, 3.63) is 64.8 Å². The van der Waals surface area contributed by atoms with E-state index in [1.807, 2.05) is 6.07 Å². The molecule has 50 heavy (non-hydrogen) atoms. The molecule has 12 nitrogen and oxygen atoms in total. The lowest BCUT2D eigenvalue weighted by molar-refractivity contribution is -0.0116. The third kappa shape index (κ3) is 9.73. The summed E-state index contributed by atoms with van der Waals surface area (Å²) in [4.78, 5) is 17.1. The van der Waals surface area contributed by atoms with Gasteiger partial charge in [-0.3, -0.25) is 4.79 Å². The fourth-order valence-electron chi connectivity index (χ4n) is 6.26. The van der Waals surface area contributed by atoms with E-state index < -0.39 is 0 Å². The number of anilines is 2. The second kappa shape index (κ2) is 19.0. The van der Waals surface area contributed by atoms with E-state index in [2.05, 4.69) is 51.5 Å². The van der Waals surface area contributed by atoms with Gasteiger partial charge in [-0.15, -0.1) is 0 Å². The van der Waals surface area contributed by atoms with Crippen molar-refractivity contribution >= 4 is 22.3 Å². The minimum absolute atomic E-state index is 0.0980. The third-order valence-corrected chi connectivity index (χ3v) is 8.79. The van der Waals surface area contributed by atoms with Gasteiger partial charge in [0, 0.05) is 80.7 Å². The van der Waals surface area contributed by atoms with E-state index in [4.69, 9.17) is 37.6 Å². The molecule has 0 amide bonds. The molecule has 4 aliphatic rings. The fraction of sp³-hybridized carbons (Fsp3) is 0.500. The Balaban J connectivity index is 1.33. The summed E-state index contributed by atoms with van der Waals surface area (Å²) in [6.45, 7) is 10.9. The van der Waals surface area contributed by atoms with Crippen LogP contribution in [0.2, 0.25) is 0 Å². The van der Waals surface area contributed by atoms with Crippen molar-refractivity contribution in [2.24, 2.45) is 0 Å². The highest BCUT2D eigenvalue weighted by Gasteiger charge is 2.22. The quantitative estimate of drug-likeness (QED) is 0.224. The summed E-state index contributed by atoms with van der Waals surface area (Å²) in [6.07, 6.45) is 0. The van der Waals surface area contributed by atoms with E-state index in [-0.39, 0.29) is 5.43 Å². The number of benzene rings is 3. The number of hydrogen-bond donors (Lipinski definition) is 1. The van der Waals surface area contributed by atoms with Crippen molar-refractivity contribution in [1.29, 1.82) is 0 Å². The highest BCUT2D eigenvalue weighted by Crippen LogP contribution is 2.43. The summed E-state index contributed by atoms with van der Waals surface area (Å²) in [5.74, 6) is 1.26. The normalized spacial score (nSPS) is 18.2. The molecule has 2 fully saturated rings. The highest BCUT2D eigenvalue weighted by atomic mass is 16.6. The molecule has 0 aromatic heterocycles. The number of rotatable bonds is 7. The molecule has 2 aromatic rings. The lowest BCUT2D eigenvalue weighted by atomic mass is 9.93. The van der Waals surface area contributed by atoms with Gasteiger partial charge in [0.1, 0.15) is 23.7 Å². The maximum absolute atomic E-state index is 12.5. The van der Waals surface area contributed by atoms with Crippen LogP contribution in [-0.4, -0.2) is 126 Å². The lowest BCUT2D eigenvalue weighted by Crippen LogP contribution is -2.43. The number of methoxy groups -OCH3 is 1. The average Bonchev–Trinajstić information content (AvgIpc) is 3.14. The van der Waals surface area contributed by atoms with E-state index in [1.54, 1.807) is 19.2 Å². The van der Waals surface area contributed by atoms with E-state index in [0.29, 0.717) is 104 Å². The Bertz CT molecular complexity index is 1640. The first-order valence-electron chi connectivity index (χ1n) is 17.6. The fourth-order valence-corrected chi connectivity index (χ4v) is 6.26. The van der Waals surface area contributed by atoms with E-state index in [0.717, 1.165) is 65.2 Å². The largest absolute Gasteiger partial charge is 0.489 e. The molecule has 6 rings (SSSR count). The van der Waals surface area contributed by atoms with Crippen LogP contribution < -0.4 is 25.3 Å². The predicted octanol–water partition coefficient (Wildman–Crippen LogP) is 3.90. The van der Waals surface area contributed by atoms with Gasteiger partial charge in [0.05, 0.1) is 78.4 Å². The molecule has 3 heterocycles. The molecule has 0 radical (unpaired) electrons. The van der Waals surface area contributed by atoms with Gasteiger partial charge >= 0.3 is 0 Å². The maximum Gasteiger partial charge on any atom is 0.182 e. The molecular formula is C38H49N3O9. The summed E-state index contributed by atoms with van der Waals surface area (Å²) >= 11 is 0. The standard InChI is InChI=1S/C38H49N3O9/c1-43-16-25-49-37-26-29(2-7-34(37)41-12-14-44-17-19-46-21-23-48-24-22-47-20-18-45-15-13-41)38-32-5-3-30(40-10-8-39-9-11-40)27-35(32)50-36-28-31(42)4-6-33(36)38/h2-7,26-28,39H,8-25H2,1H3.